The van der Waals surface area contributed by atoms with Crippen molar-refractivity contribution in [1.82, 2.24) is 19.9 Å². The predicted octanol–water partition coefficient (Wildman–Crippen LogP) is 3.40. The molecule has 1 aliphatic heterocycles. The average molecular weight is 352 g/mol. The highest BCUT2D eigenvalue weighted by atomic mass is 32.1. The van der Waals surface area contributed by atoms with Crippen molar-refractivity contribution in [3.05, 3.63) is 70.2 Å². The van der Waals surface area contributed by atoms with Crippen LogP contribution in [0.4, 0.5) is 0 Å². The maximum absolute atomic E-state index is 12.6. The molecule has 3 aromatic rings. The lowest BCUT2D eigenvalue weighted by Crippen LogP contribution is -2.46. The van der Waals surface area contributed by atoms with Crippen molar-refractivity contribution in [1.29, 1.82) is 0 Å². The highest BCUT2D eigenvalue weighted by Gasteiger charge is 2.40. The molecule has 0 spiro atoms. The van der Waals surface area contributed by atoms with E-state index in [0.29, 0.717) is 18.8 Å². The van der Waals surface area contributed by atoms with Gasteiger partial charge in [0.05, 0.1) is 23.2 Å². The lowest BCUT2D eigenvalue weighted by molar-refractivity contribution is 0.0678. The van der Waals surface area contributed by atoms with Gasteiger partial charge in [-0.2, -0.15) is 0 Å². The number of carbonyl (C=O) groups excluding carboxylic acids is 1. The fraction of sp³-hybridized carbons (Fsp3) is 0.316. The van der Waals surface area contributed by atoms with Crippen LogP contribution in [-0.4, -0.2) is 38.8 Å². The molecule has 1 amide bonds. The summed E-state index contributed by atoms with van der Waals surface area (Å²) in [5.74, 6) is 0.0219. The quantitative estimate of drug-likeness (QED) is 0.786. The van der Waals surface area contributed by atoms with E-state index < -0.39 is 0 Å². The summed E-state index contributed by atoms with van der Waals surface area (Å²) in [7, 11) is 0. The van der Waals surface area contributed by atoms with Gasteiger partial charge in [-0.1, -0.05) is 30.3 Å². The fourth-order valence-electron chi connectivity index (χ4n) is 3.67. The molecule has 0 radical (unpaired) electrons. The van der Waals surface area contributed by atoms with E-state index in [2.05, 4.69) is 39.6 Å². The average Bonchev–Trinajstić information content (AvgIpc) is 3.34. The number of nitrogens with one attached hydrogen (secondary N) is 1. The second-order valence-corrected chi connectivity index (χ2v) is 7.52. The Hall–Kier alpha value is -2.47. The number of carbonyl (C=O) groups is 1. The minimum absolute atomic E-state index is 0.0219. The molecule has 1 saturated heterocycles. The van der Waals surface area contributed by atoms with E-state index >= 15 is 0 Å². The van der Waals surface area contributed by atoms with Crippen LogP contribution in [0.3, 0.4) is 0 Å². The van der Waals surface area contributed by atoms with E-state index in [1.165, 1.54) is 5.56 Å². The zero-order valence-electron chi connectivity index (χ0n) is 14.1. The number of aryl methyl sites for hydroxylation is 1. The molecule has 0 aliphatic carbocycles. The molecule has 128 valence electrons. The molecule has 6 heteroatoms. The van der Waals surface area contributed by atoms with E-state index in [1.54, 1.807) is 23.9 Å². The molecule has 4 rings (SSSR count). The first kappa shape index (κ1) is 16.0. The van der Waals surface area contributed by atoms with Crippen LogP contribution < -0.4 is 0 Å². The number of hydrogen-bond acceptors (Lipinski definition) is 4. The molecule has 1 aromatic carbocycles. The van der Waals surface area contributed by atoms with Gasteiger partial charge in [0, 0.05) is 23.9 Å². The number of benzene rings is 1. The number of amides is 1. The zero-order valence-corrected chi connectivity index (χ0v) is 14.9. The van der Waals surface area contributed by atoms with E-state index in [0.717, 1.165) is 23.5 Å². The van der Waals surface area contributed by atoms with Crippen molar-refractivity contribution in [3.8, 4) is 0 Å². The van der Waals surface area contributed by atoms with Gasteiger partial charge >= 0.3 is 0 Å². The summed E-state index contributed by atoms with van der Waals surface area (Å²) in [6, 6.07) is 10.6. The highest BCUT2D eigenvalue weighted by Crippen LogP contribution is 2.42. The Balaban J connectivity index is 1.63. The van der Waals surface area contributed by atoms with Gasteiger partial charge in [-0.15, -0.1) is 11.3 Å². The zero-order chi connectivity index (χ0) is 17.3. The van der Waals surface area contributed by atoms with Crippen LogP contribution in [0.1, 0.15) is 39.6 Å². The predicted molar refractivity (Wildman–Crippen MR) is 97.8 cm³/mol. The number of hydrogen-bond donors (Lipinski definition) is 1. The first-order valence-electron chi connectivity index (χ1n) is 8.45. The summed E-state index contributed by atoms with van der Waals surface area (Å²) in [5, 5.41) is 3.26. The Labute approximate surface area is 150 Å². The van der Waals surface area contributed by atoms with Crippen LogP contribution in [-0.2, 0) is 5.41 Å². The van der Waals surface area contributed by atoms with Crippen LogP contribution >= 0.6 is 11.3 Å². The molecule has 3 heterocycles. The number of aromatic nitrogens is 3. The van der Waals surface area contributed by atoms with Gasteiger partial charge in [-0.05, 0) is 25.3 Å². The smallest absolute Gasteiger partial charge is 0.271 e. The number of piperidine rings is 1. The molecule has 5 nitrogen and oxygen atoms in total. The molecule has 1 aliphatic rings. The minimum Gasteiger partial charge on any atom is -0.341 e. The summed E-state index contributed by atoms with van der Waals surface area (Å²) in [6.07, 6.45) is 4.88. The van der Waals surface area contributed by atoms with Crippen molar-refractivity contribution in [2.45, 2.75) is 25.2 Å². The Morgan fingerprint density at radius 2 is 2.00 bits per heavy atom. The number of imidazole rings is 1. The molecule has 1 fully saturated rings. The Bertz CT molecular complexity index is 849. The van der Waals surface area contributed by atoms with Gasteiger partial charge in [0.25, 0.3) is 5.91 Å². The normalized spacial score (nSPS) is 16.8. The van der Waals surface area contributed by atoms with Crippen LogP contribution in [0, 0.1) is 6.92 Å². The van der Waals surface area contributed by atoms with E-state index in [9.17, 15) is 4.79 Å². The number of likely N-dealkylation sites (tertiary alicyclic amines) is 1. The van der Waals surface area contributed by atoms with E-state index in [4.69, 9.17) is 4.98 Å². The van der Waals surface area contributed by atoms with E-state index in [1.807, 2.05) is 17.9 Å². The maximum atomic E-state index is 12.6. The lowest BCUT2D eigenvalue weighted by Gasteiger charge is -2.41. The van der Waals surface area contributed by atoms with Crippen molar-refractivity contribution >= 4 is 17.2 Å². The maximum Gasteiger partial charge on any atom is 0.271 e. The Morgan fingerprint density at radius 3 is 2.60 bits per heavy atom. The number of thiazole rings is 1. The van der Waals surface area contributed by atoms with E-state index in [-0.39, 0.29) is 11.3 Å². The molecule has 1 N–H and O–H groups in total. The third kappa shape index (κ3) is 2.87. The number of nitrogens with zero attached hydrogens (tertiary/aromatic N) is 3. The van der Waals surface area contributed by atoms with Gasteiger partial charge in [0.15, 0.2) is 0 Å². The van der Waals surface area contributed by atoms with Crippen LogP contribution in [0.2, 0.25) is 0 Å². The van der Waals surface area contributed by atoms with Crippen molar-refractivity contribution in [2.75, 3.05) is 13.1 Å². The second kappa shape index (κ2) is 6.44. The summed E-state index contributed by atoms with van der Waals surface area (Å²) < 4.78 is 0. The first-order chi connectivity index (χ1) is 12.2. The third-order valence-corrected chi connectivity index (χ3v) is 5.84. The first-order valence-corrected chi connectivity index (χ1v) is 9.33. The number of H-pyrrole nitrogens is 1. The molecule has 0 saturated carbocycles. The second-order valence-electron chi connectivity index (χ2n) is 6.46. The summed E-state index contributed by atoms with van der Waals surface area (Å²) in [6.45, 7) is 3.47. The minimum atomic E-state index is -0.114. The molecule has 0 atom stereocenters. The van der Waals surface area contributed by atoms with Crippen molar-refractivity contribution in [3.63, 3.8) is 0 Å². The summed E-state index contributed by atoms with van der Waals surface area (Å²) >= 11 is 1.69. The fourth-order valence-corrected chi connectivity index (χ4v) is 4.38. The van der Waals surface area contributed by atoms with Gasteiger partial charge < -0.3 is 9.88 Å². The molecular weight excluding hydrogens is 332 g/mol. The van der Waals surface area contributed by atoms with Gasteiger partial charge in [-0.25, -0.2) is 9.97 Å². The standard InChI is InChI=1S/C19H20N4OS/c1-14-22-17(12-25-14)19(15-5-3-2-4-6-15)7-9-23(10-8-19)18(24)16-11-20-13-21-16/h2-6,11-13H,7-10H2,1H3,(H,20,21). The Kier molecular flexibility index (Phi) is 4.13. The Morgan fingerprint density at radius 1 is 1.24 bits per heavy atom. The lowest BCUT2D eigenvalue weighted by atomic mass is 9.70. The molecule has 25 heavy (non-hydrogen) atoms. The molecule has 2 aromatic heterocycles. The van der Waals surface area contributed by atoms with Crippen LogP contribution in [0.25, 0.3) is 0 Å². The third-order valence-electron chi connectivity index (χ3n) is 5.07. The summed E-state index contributed by atoms with van der Waals surface area (Å²) in [5.41, 5.74) is 2.86. The molecule has 0 unspecified atom stereocenters. The van der Waals surface area contributed by atoms with Crippen molar-refractivity contribution < 1.29 is 4.79 Å². The number of rotatable bonds is 3. The van der Waals surface area contributed by atoms with Gasteiger partial charge in [0.2, 0.25) is 0 Å². The van der Waals surface area contributed by atoms with Crippen LogP contribution in [0.5, 0.6) is 0 Å². The topological polar surface area (TPSA) is 61.9 Å². The highest BCUT2D eigenvalue weighted by molar-refractivity contribution is 7.09. The van der Waals surface area contributed by atoms with Crippen molar-refractivity contribution in [2.24, 2.45) is 0 Å². The van der Waals surface area contributed by atoms with Gasteiger partial charge in [-0.3, -0.25) is 4.79 Å². The SMILES string of the molecule is Cc1nc(C2(c3ccccc3)CCN(C(=O)c3cnc[nH]3)CC2)cs1. The monoisotopic (exact) mass is 352 g/mol. The van der Waals surface area contributed by atoms with Gasteiger partial charge in [0.1, 0.15) is 5.69 Å². The largest absolute Gasteiger partial charge is 0.341 e. The summed E-state index contributed by atoms with van der Waals surface area (Å²) in [4.78, 5) is 26.2. The number of aromatic amines is 1. The van der Waals surface area contributed by atoms with Crippen LogP contribution in [0.15, 0.2) is 48.2 Å². The molecular formula is C19H20N4OS. The molecule has 0 bridgehead atoms.